The molecule has 0 fully saturated rings. The van der Waals surface area contributed by atoms with Gasteiger partial charge in [0.1, 0.15) is 5.75 Å². The molecule has 0 heterocycles. The van der Waals surface area contributed by atoms with E-state index in [1.165, 1.54) is 24.3 Å². The Balaban J connectivity index is 1.99. The molecule has 0 aliphatic heterocycles. The Morgan fingerprint density at radius 1 is 1.00 bits per heavy atom. The Morgan fingerprint density at radius 2 is 1.65 bits per heavy atom. The molecule has 23 heavy (non-hydrogen) atoms. The van der Waals surface area contributed by atoms with E-state index in [2.05, 4.69) is 15.4 Å². The smallest absolute Gasteiger partial charge is 0.406 e. The Hall–Kier alpha value is -1.70. The maximum atomic E-state index is 12.1. The summed E-state index contributed by atoms with van der Waals surface area (Å²) in [5, 5.41) is 6.54. The van der Waals surface area contributed by atoms with E-state index in [4.69, 9.17) is 35.4 Å². The highest BCUT2D eigenvalue weighted by molar-refractivity contribution is 7.80. The Labute approximate surface area is 145 Å². The van der Waals surface area contributed by atoms with E-state index in [-0.39, 0.29) is 10.9 Å². The van der Waals surface area contributed by atoms with Crippen LogP contribution in [0.1, 0.15) is 0 Å². The summed E-state index contributed by atoms with van der Waals surface area (Å²) in [5.74, 6) is -0.320. The van der Waals surface area contributed by atoms with Crippen molar-refractivity contribution in [3.63, 3.8) is 0 Å². The number of anilines is 2. The van der Waals surface area contributed by atoms with Crippen molar-refractivity contribution >= 4 is 51.9 Å². The Bertz CT molecular complexity index is 708. The second-order valence-electron chi connectivity index (χ2n) is 4.25. The summed E-state index contributed by atoms with van der Waals surface area (Å²) in [4.78, 5) is 0. The zero-order chi connectivity index (χ0) is 17.0. The normalized spacial score (nSPS) is 11.0. The molecule has 3 nitrogen and oxygen atoms in total. The van der Waals surface area contributed by atoms with Gasteiger partial charge in [-0.25, -0.2) is 0 Å². The summed E-state index contributed by atoms with van der Waals surface area (Å²) in [7, 11) is 0. The first-order valence-electron chi connectivity index (χ1n) is 6.12. The number of hydrogen-bond donors (Lipinski definition) is 2. The maximum Gasteiger partial charge on any atom is 0.573 e. The van der Waals surface area contributed by atoms with Gasteiger partial charge in [-0.05, 0) is 48.6 Å². The van der Waals surface area contributed by atoms with Crippen LogP contribution in [-0.4, -0.2) is 11.5 Å². The predicted octanol–water partition coefficient (Wildman–Crippen LogP) is 5.70. The van der Waals surface area contributed by atoms with Crippen LogP contribution in [0.15, 0.2) is 42.5 Å². The van der Waals surface area contributed by atoms with Gasteiger partial charge in [-0.15, -0.1) is 13.2 Å². The highest BCUT2D eigenvalue weighted by Gasteiger charge is 2.30. The molecule has 9 heteroatoms. The first-order valence-corrected chi connectivity index (χ1v) is 7.29. The molecule has 0 aromatic heterocycles. The molecule has 0 aliphatic rings. The quantitative estimate of drug-likeness (QED) is 0.669. The van der Waals surface area contributed by atoms with Crippen molar-refractivity contribution in [1.29, 1.82) is 0 Å². The third kappa shape index (κ3) is 5.46. The van der Waals surface area contributed by atoms with Gasteiger partial charge >= 0.3 is 6.36 Å². The number of rotatable bonds is 3. The fourth-order valence-electron chi connectivity index (χ4n) is 1.62. The van der Waals surface area contributed by atoms with Crippen molar-refractivity contribution in [1.82, 2.24) is 0 Å². The third-order valence-electron chi connectivity index (χ3n) is 2.55. The third-order valence-corrected chi connectivity index (χ3v) is 3.57. The van der Waals surface area contributed by atoms with Gasteiger partial charge < -0.3 is 15.4 Å². The number of ether oxygens (including phenoxy) is 1. The lowest BCUT2D eigenvalue weighted by molar-refractivity contribution is -0.274. The summed E-state index contributed by atoms with van der Waals surface area (Å²) in [6.45, 7) is 0. The Kier molecular flexibility index (Phi) is 5.56. The van der Waals surface area contributed by atoms with E-state index >= 15 is 0 Å². The molecular weight excluding hydrogens is 372 g/mol. The standard InChI is InChI=1S/C14H9Cl2F3N2OS/c15-10-2-1-3-11(12(10)16)21-13(23)20-8-4-6-9(7-5-8)22-14(17,18)19/h1-7H,(H2,20,21,23). The highest BCUT2D eigenvalue weighted by atomic mass is 35.5. The summed E-state index contributed by atoms with van der Waals surface area (Å²) in [5.41, 5.74) is 0.990. The van der Waals surface area contributed by atoms with Crippen molar-refractivity contribution in [3.8, 4) is 5.75 Å². The molecule has 0 unspecified atom stereocenters. The Morgan fingerprint density at radius 3 is 2.26 bits per heavy atom. The number of alkyl halides is 3. The number of hydrogen-bond acceptors (Lipinski definition) is 2. The monoisotopic (exact) mass is 380 g/mol. The molecule has 0 saturated heterocycles. The minimum Gasteiger partial charge on any atom is -0.406 e. The van der Waals surface area contributed by atoms with Crippen molar-refractivity contribution in [2.24, 2.45) is 0 Å². The number of nitrogens with one attached hydrogen (secondary N) is 2. The van der Waals surface area contributed by atoms with E-state index < -0.39 is 6.36 Å². The fraction of sp³-hybridized carbons (Fsp3) is 0.0714. The second-order valence-corrected chi connectivity index (χ2v) is 5.45. The fourth-order valence-corrected chi connectivity index (χ4v) is 2.20. The minimum atomic E-state index is -4.73. The van der Waals surface area contributed by atoms with Crippen LogP contribution in [0.5, 0.6) is 5.75 Å². The lowest BCUT2D eigenvalue weighted by Crippen LogP contribution is -2.19. The van der Waals surface area contributed by atoms with Gasteiger partial charge in [0.2, 0.25) is 0 Å². The van der Waals surface area contributed by atoms with Crippen molar-refractivity contribution < 1.29 is 17.9 Å². The van der Waals surface area contributed by atoms with E-state index in [0.717, 1.165) is 0 Å². The van der Waals surface area contributed by atoms with Crippen LogP contribution in [0.2, 0.25) is 10.0 Å². The topological polar surface area (TPSA) is 33.3 Å². The zero-order valence-corrected chi connectivity index (χ0v) is 13.6. The van der Waals surface area contributed by atoms with Crippen LogP contribution in [0.25, 0.3) is 0 Å². The van der Waals surface area contributed by atoms with Gasteiger partial charge in [0, 0.05) is 5.69 Å². The molecule has 0 amide bonds. The van der Waals surface area contributed by atoms with Crippen LogP contribution in [0.4, 0.5) is 24.5 Å². The molecule has 122 valence electrons. The maximum absolute atomic E-state index is 12.1. The largest absolute Gasteiger partial charge is 0.573 e. The van der Waals surface area contributed by atoms with Gasteiger partial charge in [-0.1, -0.05) is 29.3 Å². The summed E-state index contributed by atoms with van der Waals surface area (Å²) in [6, 6.07) is 10.1. The predicted molar refractivity (Wildman–Crippen MR) is 89.4 cm³/mol. The van der Waals surface area contributed by atoms with E-state index in [1.54, 1.807) is 18.2 Å². The first kappa shape index (κ1) is 17.7. The van der Waals surface area contributed by atoms with Gasteiger partial charge in [0.15, 0.2) is 5.11 Å². The molecule has 2 aromatic carbocycles. The van der Waals surface area contributed by atoms with Crippen molar-refractivity contribution in [2.45, 2.75) is 6.36 Å². The number of thiocarbonyl (C=S) groups is 1. The molecule has 0 atom stereocenters. The minimum absolute atomic E-state index is 0.207. The molecular formula is C14H9Cl2F3N2OS. The van der Waals surface area contributed by atoms with Gasteiger partial charge in [0.05, 0.1) is 15.7 Å². The highest BCUT2D eigenvalue weighted by Crippen LogP contribution is 2.29. The van der Waals surface area contributed by atoms with E-state index in [0.29, 0.717) is 21.4 Å². The SMILES string of the molecule is FC(F)(F)Oc1ccc(NC(=S)Nc2cccc(Cl)c2Cl)cc1. The van der Waals surface area contributed by atoms with Crippen molar-refractivity contribution in [3.05, 3.63) is 52.5 Å². The van der Waals surface area contributed by atoms with Crippen LogP contribution >= 0.6 is 35.4 Å². The molecule has 2 N–H and O–H groups in total. The summed E-state index contributed by atoms with van der Waals surface area (Å²) >= 11 is 17.0. The van der Waals surface area contributed by atoms with Crippen LogP contribution < -0.4 is 15.4 Å². The average Bonchev–Trinajstić information content (AvgIpc) is 2.44. The number of benzene rings is 2. The molecule has 0 aliphatic carbocycles. The summed E-state index contributed by atoms with van der Waals surface area (Å²) < 4.78 is 40.0. The first-order chi connectivity index (χ1) is 10.7. The van der Waals surface area contributed by atoms with E-state index in [9.17, 15) is 13.2 Å². The molecule has 0 radical (unpaired) electrons. The average molecular weight is 381 g/mol. The lowest BCUT2D eigenvalue weighted by atomic mass is 10.3. The molecule has 0 saturated carbocycles. The van der Waals surface area contributed by atoms with Crippen LogP contribution in [-0.2, 0) is 0 Å². The number of halogens is 5. The molecule has 0 spiro atoms. The van der Waals surface area contributed by atoms with Gasteiger partial charge in [-0.2, -0.15) is 0 Å². The van der Waals surface area contributed by atoms with Gasteiger partial charge in [-0.3, -0.25) is 0 Å². The molecule has 2 aromatic rings. The van der Waals surface area contributed by atoms with E-state index in [1.807, 2.05) is 0 Å². The molecule has 2 rings (SSSR count). The lowest BCUT2D eigenvalue weighted by Gasteiger charge is -2.13. The van der Waals surface area contributed by atoms with Gasteiger partial charge in [0.25, 0.3) is 0 Å². The summed E-state index contributed by atoms with van der Waals surface area (Å²) in [6.07, 6.45) is -4.73. The molecule has 0 bridgehead atoms. The second kappa shape index (κ2) is 7.25. The zero-order valence-electron chi connectivity index (χ0n) is 11.2. The van der Waals surface area contributed by atoms with Crippen molar-refractivity contribution in [2.75, 3.05) is 10.6 Å². The van der Waals surface area contributed by atoms with Crippen LogP contribution in [0.3, 0.4) is 0 Å². The van der Waals surface area contributed by atoms with Crippen LogP contribution in [0, 0.1) is 0 Å².